The molecule has 0 amide bonds. The van der Waals surface area contributed by atoms with Gasteiger partial charge in [0.1, 0.15) is 5.75 Å². The van der Waals surface area contributed by atoms with Gasteiger partial charge in [0.25, 0.3) is 0 Å². The van der Waals surface area contributed by atoms with Crippen LogP contribution in [0, 0.1) is 0 Å². The molecule has 0 aliphatic carbocycles. The summed E-state index contributed by atoms with van der Waals surface area (Å²) in [5.74, 6) is 0.901. The van der Waals surface area contributed by atoms with E-state index in [0.29, 0.717) is 6.04 Å². The van der Waals surface area contributed by atoms with E-state index in [9.17, 15) is 5.11 Å². The van der Waals surface area contributed by atoms with E-state index in [-0.39, 0.29) is 6.10 Å². The number of likely N-dealkylation sites (tertiary alicyclic amines) is 1. The Balaban J connectivity index is 2.05. The van der Waals surface area contributed by atoms with Gasteiger partial charge in [-0.2, -0.15) is 0 Å². The first-order valence-electron chi connectivity index (χ1n) is 6.76. The summed E-state index contributed by atoms with van der Waals surface area (Å²) >= 11 is 0. The van der Waals surface area contributed by atoms with Crippen LogP contribution in [0.25, 0.3) is 0 Å². The van der Waals surface area contributed by atoms with Crippen molar-refractivity contribution < 1.29 is 9.84 Å². The number of piperidine rings is 1. The zero-order chi connectivity index (χ0) is 13.0. The Kier molecular flexibility index (Phi) is 4.61. The van der Waals surface area contributed by atoms with Crippen molar-refractivity contribution in [3.8, 4) is 5.75 Å². The van der Waals surface area contributed by atoms with Gasteiger partial charge in [-0.05, 0) is 44.0 Å². The van der Waals surface area contributed by atoms with Crippen LogP contribution in [0.5, 0.6) is 5.75 Å². The Morgan fingerprint density at radius 2 is 2.28 bits per heavy atom. The number of methoxy groups -OCH3 is 1. The topological polar surface area (TPSA) is 32.7 Å². The quantitative estimate of drug-likeness (QED) is 0.889. The summed E-state index contributed by atoms with van der Waals surface area (Å²) in [5, 5.41) is 9.86. The molecule has 0 aromatic heterocycles. The van der Waals surface area contributed by atoms with E-state index in [2.05, 4.69) is 17.0 Å². The minimum absolute atomic E-state index is 0.254. The van der Waals surface area contributed by atoms with Crippen molar-refractivity contribution in [2.45, 2.75) is 44.9 Å². The van der Waals surface area contributed by atoms with Gasteiger partial charge in [-0.3, -0.25) is 4.90 Å². The van der Waals surface area contributed by atoms with Gasteiger partial charge in [-0.25, -0.2) is 0 Å². The van der Waals surface area contributed by atoms with E-state index in [1.807, 2.05) is 19.1 Å². The molecule has 0 bridgehead atoms. The molecule has 100 valence electrons. The predicted molar refractivity (Wildman–Crippen MR) is 72.7 cm³/mol. The van der Waals surface area contributed by atoms with Gasteiger partial charge in [0.05, 0.1) is 13.2 Å². The maximum Gasteiger partial charge on any atom is 0.119 e. The van der Waals surface area contributed by atoms with Crippen LogP contribution in [-0.2, 0) is 6.54 Å². The third-order valence-electron chi connectivity index (χ3n) is 3.74. The van der Waals surface area contributed by atoms with E-state index in [0.717, 1.165) is 25.3 Å². The van der Waals surface area contributed by atoms with Crippen LogP contribution in [0.1, 0.15) is 31.7 Å². The van der Waals surface area contributed by atoms with Gasteiger partial charge in [0.2, 0.25) is 0 Å². The number of aliphatic hydroxyl groups excluding tert-OH is 1. The van der Waals surface area contributed by atoms with Crippen LogP contribution >= 0.6 is 0 Å². The summed E-state index contributed by atoms with van der Waals surface area (Å²) in [6, 6.07) is 8.48. The highest BCUT2D eigenvalue weighted by molar-refractivity contribution is 5.28. The molecule has 0 radical (unpaired) electrons. The second-order valence-electron chi connectivity index (χ2n) is 5.13. The van der Waals surface area contributed by atoms with Gasteiger partial charge in [0.15, 0.2) is 0 Å². The van der Waals surface area contributed by atoms with Gasteiger partial charge >= 0.3 is 0 Å². The fraction of sp³-hybridized carbons (Fsp3) is 0.600. The molecular formula is C15H23NO2. The van der Waals surface area contributed by atoms with Crippen molar-refractivity contribution >= 4 is 0 Å². The first-order valence-corrected chi connectivity index (χ1v) is 6.76. The Labute approximate surface area is 109 Å². The molecule has 2 rings (SSSR count). The standard InChI is InChI=1S/C15H23NO2/c1-12(17)15-8-3-4-9-16(15)11-13-6-5-7-14(10-13)18-2/h5-7,10,12,15,17H,3-4,8-9,11H2,1-2H3/t12-,15+/m0/s1. The minimum Gasteiger partial charge on any atom is -0.497 e. The van der Waals surface area contributed by atoms with Gasteiger partial charge in [0, 0.05) is 12.6 Å². The molecule has 1 fully saturated rings. The fourth-order valence-corrected chi connectivity index (χ4v) is 2.76. The smallest absolute Gasteiger partial charge is 0.119 e. The Morgan fingerprint density at radius 1 is 1.44 bits per heavy atom. The minimum atomic E-state index is -0.254. The van der Waals surface area contributed by atoms with Crippen LogP contribution in [0.15, 0.2) is 24.3 Å². The Bertz CT molecular complexity index is 379. The van der Waals surface area contributed by atoms with Crippen LogP contribution in [0.2, 0.25) is 0 Å². The SMILES string of the molecule is COc1cccc(CN2CCCC[C@@H]2[C@H](C)O)c1. The summed E-state index contributed by atoms with van der Waals surface area (Å²) in [5.41, 5.74) is 1.25. The summed E-state index contributed by atoms with van der Waals surface area (Å²) in [6.07, 6.45) is 3.30. The second kappa shape index (κ2) is 6.21. The Hall–Kier alpha value is -1.06. The number of hydrogen-bond acceptors (Lipinski definition) is 3. The third-order valence-corrected chi connectivity index (χ3v) is 3.74. The van der Waals surface area contributed by atoms with Crippen molar-refractivity contribution in [3.63, 3.8) is 0 Å². The van der Waals surface area contributed by atoms with Crippen LogP contribution in [0.3, 0.4) is 0 Å². The lowest BCUT2D eigenvalue weighted by molar-refractivity contribution is 0.0316. The molecule has 1 aliphatic rings. The van der Waals surface area contributed by atoms with Gasteiger partial charge in [-0.15, -0.1) is 0 Å². The molecule has 1 aromatic rings. The summed E-state index contributed by atoms with van der Waals surface area (Å²) in [4.78, 5) is 2.39. The lowest BCUT2D eigenvalue weighted by Gasteiger charge is -2.37. The van der Waals surface area contributed by atoms with Gasteiger partial charge in [-0.1, -0.05) is 18.6 Å². The maximum absolute atomic E-state index is 9.86. The van der Waals surface area contributed by atoms with Crippen molar-refractivity contribution in [2.24, 2.45) is 0 Å². The van der Waals surface area contributed by atoms with E-state index in [1.165, 1.54) is 18.4 Å². The number of nitrogens with zero attached hydrogens (tertiary/aromatic N) is 1. The van der Waals surface area contributed by atoms with E-state index in [4.69, 9.17) is 4.74 Å². The van der Waals surface area contributed by atoms with Crippen LogP contribution in [0.4, 0.5) is 0 Å². The van der Waals surface area contributed by atoms with Crippen molar-refractivity contribution in [2.75, 3.05) is 13.7 Å². The molecule has 1 aliphatic heterocycles. The lowest BCUT2D eigenvalue weighted by Crippen LogP contribution is -2.45. The second-order valence-corrected chi connectivity index (χ2v) is 5.13. The number of benzene rings is 1. The van der Waals surface area contributed by atoms with Crippen molar-refractivity contribution in [3.05, 3.63) is 29.8 Å². The van der Waals surface area contributed by atoms with Gasteiger partial charge < -0.3 is 9.84 Å². The summed E-state index contributed by atoms with van der Waals surface area (Å²) in [7, 11) is 1.69. The monoisotopic (exact) mass is 249 g/mol. The van der Waals surface area contributed by atoms with Crippen LogP contribution < -0.4 is 4.74 Å². The molecule has 1 N–H and O–H groups in total. The molecule has 0 spiro atoms. The normalized spacial score (nSPS) is 22.7. The van der Waals surface area contributed by atoms with E-state index in [1.54, 1.807) is 7.11 Å². The highest BCUT2D eigenvalue weighted by atomic mass is 16.5. The molecule has 3 nitrogen and oxygen atoms in total. The summed E-state index contributed by atoms with van der Waals surface area (Å²) in [6.45, 7) is 3.87. The van der Waals surface area contributed by atoms with Crippen LogP contribution in [-0.4, -0.2) is 35.8 Å². The Morgan fingerprint density at radius 3 is 3.00 bits per heavy atom. The average molecular weight is 249 g/mol. The third kappa shape index (κ3) is 3.24. The first-order chi connectivity index (χ1) is 8.70. The summed E-state index contributed by atoms with van der Waals surface area (Å²) < 4.78 is 5.25. The molecule has 1 aromatic carbocycles. The molecule has 0 unspecified atom stereocenters. The largest absolute Gasteiger partial charge is 0.497 e. The zero-order valence-electron chi connectivity index (χ0n) is 11.3. The van der Waals surface area contributed by atoms with E-state index >= 15 is 0 Å². The molecule has 18 heavy (non-hydrogen) atoms. The number of aliphatic hydroxyl groups is 1. The molecule has 1 heterocycles. The molecular weight excluding hydrogens is 226 g/mol. The molecule has 2 atom stereocenters. The fourth-order valence-electron chi connectivity index (χ4n) is 2.76. The predicted octanol–water partition coefficient (Wildman–Crippen LogP) is 2.43. The number of rotatable bonds is 4. The number of hydrogen-bond donors (Lipinski definition) is 1. The number of ether oxygens (including phenoxy) is 1. The average Bonchev–Trinajstić information content (AvgIpc) is 2.39. The molecule has 0 saturated carbocycles. The van der Waals surface area contributed by atoms with Crippen molar-refractivity contribution in [1.29, 1.82) is 0 Å². The zero-order valence-corrected chi connectivity index (χ0v) is 11.3. The first kappa shape index (κ1) is 13.4. The maximum atomic E-state index is 9.86. The highest BCUT2D eigenvalue weighted by Gasteiger charge is 2.26. The lowest BCUT2D eigenvalue weighted by atomic mass is 9.97. The molecule has 1 saturated heterocycles. The van der Waals surface area contributed by atoms with E-state index < -0.39 is 0 Å². The molecule has 3 heteroatoms. The van der Waals surface area contributed by atoms with Crippen molar-refractivity contribution in [1.82, 2.24) is 4.90 Å². The highest BCUT2D eigenvalue weighted by Crippen LogP contribution is 2.23.